The maximum Gasteiger partial charge on any atom is 0.420 e. The molecule has 10 nitrogen and oxygen atoms in total. The van der Waals surface area contributed by atoms with E-state index in [4.69, 9.17) is 4.74 Å². The number of amides is 2. The molecule has 0 radical (unpaired) electrons. The quantitative estimate of drug-likeness (QED) is 0.274. The van der Waals surface area contributed by atoms with Gasteiger partial charge in [0.05, 0.1) is 29.4 Å². The van der Waals surface area contributed by atoms with Crippen molar-refractivity contribution in [3.05, 3.63) is 65.0 Å². The van der Waals surface area contributed by atoms with Gasteiger partial charge >= 0.3 is 6.18 Å². The molecule has 2 amide bonds. The number of nitrogens with zero attached hydrogens (tertiary/aromatic N) is 5. The number of halogens is 3. The lowest BCUT2D eigenvalue weighted by atomic mass is 10.0. The lowest BCUT2D eigenvalue weighted by molar-refractivity contribution is -0.138. The Balaban J connectivity index is 1.41. The minimum atomic E-state index is -4.67. The van der Waals surface area contributed by atoms with Gasteiger partial charge in [0.2, 0.25) is 5.91 Å². The van der Waals surface area contributed by atoms with Gasteiger partial charge in [-0.2, -0.15) is 13.2 Å². The zero-order valence-electron chi connectivity index (χ0n) is 23.1. The molecule has 1 aliphatic rings. The molecule has 2 aromatic carbocycles. The van der Waals surface area contributed by atoms with Crippen LogP contribution in [0.1, 0.15) is 46.8 Å². The standard InChI is InChI=1S/C28H28F3N7O3S/c1-16-6-7-18(11-23(16)38-15-22(35-36-38)24-13-32-27(42-24)33-17(2)39)26(40)34-20-10-19(14-37-8-4-5-9-37)25(41-3)21(12-20)28(29,30)31/h6-7,10-13,15H,4-5,8-9,14H2,1-3H3,(H,34,40)(H,32,33,39). The van der Waals surface area contributed by atoms with E-state index in [1.807, 2.05) is 6.92 Å². The number of likely N-dealkylation sites (tertiary alicyclic amines) is 1. The second-order valence-electron chi connectivity index (χ2n) is 9.91. The summed E-state index contributed by atoms with van der Waals surface area (Å²) in [5.41, 5.74) is 1.53. The second-order valence-corrected chi connectivity index (χ2v) is 10.9. The summed E-state index contributed by atoms with van der Waals surface area (Å²) in [6.07, 6.45) is 0.531. The number of anilines is 2. The Morgan fingerprint density at radius 3 is 2.57 bits per heavy atom. The van der Waals surface area contributed by atoms with Gasteiger partial charge in [0.25, 0.3) is 5.91 Å². The highest BCUT2D eigenvalue weighted by Gasteiger charge is 2.36. The lowest BCUT2D eigenvalue weighted by Gasteiger charge is -2.21. The van der Waals surface area contributed by atoms with Crippen molar-refractivity contribution < 1.29 is 27.5 Å². The number of carbonyl (C=O) groups is 2. The number of methoxy groups -OCH3 is 1. The number of aryl methyl sites for hydroxylation is 1. The summed E-state index contributed by atoms with van der Waals surface area (Å²) in [7, 11) is 1.22. The van der Waals surface area contributed by atoms with Crippen LogP contribution in [0.5, 0.6) is 5.75 Å². The third-order valence-electron chi connectivity index (χ3n) is 6.78. The van der Waals surface area contributed by atoms with Gasteiger partial charge in [-0.3, -0.25) is 14.5 Å². The second kappa shape index (κ2) is 11.9. The van der Waals surface area contributed by atoms with Crippen LogP contribution in [0.3, 0.4) is 0 Å². The zero-order valence-corrected chi connectivity index (χ0v) is 23.9. The summed E-state index contributed by atoms with van der Waals surface area (Å²) >= 11 is 1.24. The molecule has 1 fully saturated rings. The fraction of sp³-hybridized carbons (Fsp3) is 0.321. The first-order valence-corrected chi connectivity index (χ1v) is 13.9. The van der Waals surface area contributed by atoms with E-state index in [-0.39, 0.29) is 29.5 Å². The van der Waals surface area contributed by atoms with E-state index in [0.717, 1.165) is 37.6 Å². The Morgan fingerprint density at radius 2 is 1.88 bits per heavy atom. The first kappa shape index (κ1) is 29.2. The number of benzene rings is 2. The molecule has 2 N–H and O–H groups in total. The van der Waals surface area contributed by atoms with Crippen LogP contribution < -0.4 is 15.4 Å². The van der Waals surface area contributed by atoms with Gasteiger partial charge in [-0.15, -0.1) is 5.10 Å². The molecule has 0 saturated carbocycles. The van der Waals surface area contributed by atoms with Gasteiger partial charge < -0.3 is 15.4 Å². The molecule has 1 aliphatic heterocycles. The molecule has 1 saturated heterocycles. The van der Waals surface area contributed by atoms with E-state index in [0.29, 0.717) is 27.0 Å². The molecule has 5 rings (SSSR count). The highest BCUT2D eigenvalue weighted by Crippen LogP contribution is 2.41. The summed E-state index contributed by atoms with van der Waals surface area (Å²) in [5.74, 6) is -1.06. The number of alkyl halides is 3. The van der Waals surface area contributed by atoms with Gasteiger partial charge in [0, 0.05) is 36.5 Å². The fourth-order valence-corrected chi connectivity index (χ4v) is 5.62. The normalized spacial score (nSPS) is 13.8. The van der Waals surface area contributed by atoms with Gasteiger partial charge in [-0.1, -0.05) is 22.6 Å². The summed E-state index contributed by atoms with van der Waals surface area (Å²) in [4.78, 5) is 31.5. The number of thiazole rings is 1. The predicted octanol–water partition coefficient (Wildman–Crippen LogP) is 5.53. The average Bonchev–Trinajstić information content (AvgIpc) is 3.70. The van der Waals surface area contributed by atoms with E-state index in [1.54, 1.807) is 30.6 Å². The van der Waals surface area contributed by atoms with E-state index >= 15 is 0 Å². The molecule has 14 heteroatoms. The average molecular weight is 600 g/mol. The highest BCUT2D eigenvalue weighted by atomic mass is 32.1. The number of ether oxygens (including phenoxy) is 1. The molecule has 4 aromatic rings. The highest BCUT2D eigenvalue weighted by molar-refractivity contribution is 7.19. The Kier molecular flexibility index (Phi) is 8.27. The molecule has 0 bridgehead atoms. The number of hydrogen-bond donors (Lipinski definition) is 2. The van der Waals surface area contributed by atoms with Gasteiger partial charge in [0.15, 0.2) is 5.13 Å². The maximum absolute atomic E-state index is 14.0. The van der Waals surface area contributed by atoms with Gasteiger partial charge in [-0.25, -0.2) is 9.67 Å². The van der Waals surface area contributed by atoms with Crippen molar-refractivity contribution in [2.45, 2.75) is 39.4 Å². The number of carbonyl (C=O) groups excluding carboxylic acids is 2. The molecule has 0 aliphatic carbocycles. The Bertz CT molecular complexity index is 1630. The molecule has 0 atom stereocenters. The summed E-state index contributed by atoms with van der Waals surface area (Å²) in [6, 6.07) is 7.34. The SMILES string of the molecule is COc1c(CN2CCCC2)cc(NC(=O)c2ccc(C)c(-n3cc(-c4cnc(NC(C)=O)s4)nn3)c2)cc1C(F)(F)F. The molecule has 220 valence electrons. The number of nitrogens with one attached hydrogen (secondary N) is 2. The van der Waals surface area contributed by atoms with Crippen molar-refractivity contribution in [1.29, 1.82) is 0 Å². The van der Waals surface area contributed by atoms with E-state index in [9.17, 15) is 22.8 Å². The minimum Gasteiger partial charge on any atom is -0.496 e. The number of rotatable bonds is 8. The van der Waals surface area contributed by atoms with Gasteiger partial charge in [0.1, 0.15) is 11.4 Å². The first-order chi connectivity index (χ1) is 20.0. The summed E-state index contributed by atoms with van der Waals surface area (Å²) in [6.45, 7) is 5.09. The van der Waals surface area contributed by atoms with Crippen molar-refractivity contribution in [3.63, 3.8) is 0 Å². The van der Waals surface area contributed by atoms with Crippen molar-refractivity contribution >= 4 is 34.0 Å². The van der Waals surface area contributed by atoms with Crippen LogP contribution in [0.15, 0.2) is 42.7 Å². The summed E-state index contributed by atoms with van der Waals surface area (Å²) < 4.78 is 48.7. The summed E-state index contributed by atoms with van der Waals surface area (Å²) in [5, 5.41) is 14.0. The van der Waals surface area contributed by atoms with E-state index < -0.39 is 17.6 Å². The molecular formula is C28H28F3N7O3S. The lowest BCUT2D eigenvalue weighted by Crippen LogP contribution is -2.21. The number of hydrogen-bond acceptors (Lipinski definition) is 8. The van der Waals surface area contributed by atoms with Crippen molar-refractivity contribution in [2.75, 3.05) is 30.8 Å². The first-order valence-electron chi connectivity index (χ1n) is 13.1. The van der Waals surface area contributed by atoms with Crippen molar-refractivity contribution in [3.8, 4) is 22.0 Å². The Labute approximate surface area is 243 Å². The smallest absolute Gasteiger partial charge is 0.420 e. The topological polar surface area (TPSA) is 114 Å². The van der Waals surface area contributed by atoms with Crippen molar-refractivity contribution in [1.82, 2.24) is 24.9 Å². The van der Waals surface area contributed by atoms with Crippen LogP contribution in [0.4, 0.5) is 24.0 Å². The Hall–Kier alpha value is -4.30. The molecule has 0 unspecified atom stereocenters. The van der Waals surface area contributed by atoms with E-state index in [2.05, 4.69) is 30.8 Å². The maximum atomic E-state index is 14.0. The fourth-order valence-electron chi connectivity index (χ4n) is 4.81. The van der Waals surface area contributed by atoms with Crippen LogP contribution in [-0.2, 0) is 17.5 Å². The minimum absolute atomic E-state index is 0.0210. The third-order valence-corrected chi connectivity index (χ3v) is 7.71. The largest absolute Gasteiger partial charge is 0.496 e. The van der Waals surface area contributed by atoms with Crippen LogP contribution in [0, 0.1) is 6.92 Å². The number of aromatic nitrogens is 4. The van der Waals surface area contributed by atoms with Crippen LogP contribution >= 0.6 is 11.3 Å². The van der Waals surface area contributed by atoms with Crippen LogP contribution in [0.2, 0.25) is 0 Å². The third kappa shape index (κ3) is 6.44. The van der Waals surface area contributed by atoms with Crippen molar-refractivity contribution in [2.24, 2.45) is 0 Å². The molecule has 0 spiro atoms. The molecule has 42 heavy (non-hydrogen) atoms. The Morgan fingerprint density at radius 1 is 1.12 bits per heavy atom. The molecule has 2 aromatic heterocycles. The monoisotopic (exact) mass is 599 g/mol. The molecular weight excluding hydrogens is 571 g/mol. The zero-order chi connectivity index (χ0) is 30.0. The van der Waals surface area contributed by atoms with Crippen LogP contribution in [0.25, 0.3) is 16.3 Å². The van der Waals surface area contributed by atoms with Gasteiger partial charge in [-0.05, 0) is 62.7 Å². The molecule has 3 heterocycles. The van der Waals surface area contributed by atoms with E-state index in [1.165, 1.54) is 36.1 Å². The predicted molar refractivity (Wildman–Crippen MR) is 152 cm³/mol. The van der Waals surface area contributed by atoms with Crippen LogP contribution in [-0.4, -0.2) is 56.9 Å².